The third-order valence-corrected chi connectivity index (χ3v) is 2.50. The predicted molar refractivity (Wildman–Crippen MR) is 36.1 cm³/mol. The molecule has 0 aromatic rings. The van der Waals surface area contributed by atoms with Crippen molar-refractivity contribution >= 4 is 5.97 Å². The SMILES string of the molecule is O=C1O[C@@H]2C[C@@]1(O)C[C@H](O)[C@@H]2O. The van der Waals surface area contributed by atoms with Crippen LogP contribution in [0, 0.1) is 0 Å². The van der Waals surface area contributed by atoms with Crippen molar-refractivity contribution in [3.8, 4) is 0 Å². The Labute approximate surface area is 68.6 Å². The molecule has 12 heavy (non-hydrogen) atoms. The fourth-order valence-electron chi connectivity index (χ4n) is 1.78. The van der Waals surface area contributed by atoms with Crippen LogP contribution in [0.2, 0.25) is 0 Å². The van der Waals surface area contributed by atoms with Crippen molar-refractivity contribution in [1.82, 2.24) is 0 Å². The van der Waals surface area contributed by atoms with E-state index >= 15 is 0 Å². The number of ether oxygens (including phenoxy) is 1. The fraction of sp³-hybridized carbons (Fsp3) is 0.857. The molecular formula is C7H10O5. The van der Waals surface area contributed by atoms with E-state index in [1.165, 1.54) is 0 Å². The zero-order valence-corrected chi connectivity index (χ0v) is 6.30. The maximum absolute atomic E-state index is 11.0. The normalized spacial score (nSPS) is 52.2. The van der Waals surface area contributed by atoms with Gasteiger partial charge in [0.1, 0.15) is 12.2 Å². The van der Waals surface area contributed by atoms with Crippen molar-refractivity contribution < 1.29 is 24.9 Å². The molecule has 5 heteroatoms. The molecule has 0 unspecified atom stereocenters. The highest BCUT2D eigenvalue weighted by Crippen LogP contribution is 2.37. The Kier molecular flexibility index (Phi) is 1.45. The number of rotatable bonds is 0. The van der Waals surface area contributed by atoms with Gasteiger partial charge in [-0.3, -0.25) is 0 Å². The molecule has 1 aliphatic heterocycles. The molecule has 0 aromatic heterocycles. The van der Waals surface area contributed by atoms with E-state index < -0.39 is 29.9 Å². The Morgan fingerprint density at radius 1 is 1.42 bits per heavy atom. The molecule has 2 bridgehead atoms. The van der Waals surface area contributed by atoms with Crippen molar-refractivity contribution in [3.05, 3.63) is 0 Å². The summed E-state index contributed by atoms with van der Waals surface area (Å²) in [7, 11) is 0. The monoisotopic (exact) mass is 174 g/mol. The molecule has 1 aliphatic carbocycles. The van der Waals surface area contributed by atoms with Gasteiger partial charge in [0, 0.05) is 12.8 Å². The van der Waals surface area contributed by atoms with Crippen LogP contribution in [-0.4, -0.2) is 45.2 Å². The molecule has 2 aliphatic rings. The van der Waals surface area contributed by atoms with Gasteiger partial charge in [-0.2, -0.15) is 0 Å². The maximum Gasteiger partial charge on any atom is 0.338 e. The molecule has 1 saturated carbocycles. The molecule has 68 valence electrons. The highest BCUT2D eigenvalue weighted by atomic mass is 16.6. The third kappa shape index (κ3) is 0.872. The quantitative estimate of drug-likeness (QED) is 0.375. The molecule has 1 saturated heterocycles. The van der Waals surface area contributed by atoms with Gasteiger partial charge < -0.3 is 20.1 Å². The van der Waals surface area contributed by atoms with Crippen LogP contribution in [0.15, 0.2) is 0 Å². The van der Waals surface area contributed by atoms with Crippen LogP contribution in [0.4, 0.5) is 0 Å². The van der Waals surface area contributed by atoms with Crippen molar-refractivity contribution in [1.29, 1.82) is 0 Å². The Bertz CT molecular complexity index is 228. The van der Waals surface area contributed by atoms with Crippen LogP contribution < -0.4 is 0 Å². The molecule has 0 radical (unpaired) electrons. The average Bonchev–Trinajstić information content (AvgIpc) is 2.22. The van der Waals surface area contributed by atoms with E-state index in [2.05, 4.69) is 4.74 Å². The summed E-state index contributed by atoms with van der Waals surface area (Å²) in [5.74, 6) is -0.733. The largest absolute Gasteiger partial charge is 0.457 e. The predicted octanol–water partition coefficient (Wildman–Crippen LogP) is -1.84. The number of aliphatic hydroxyl groups excluding tert-OH is 2. The van der Waals surface area contributed by atoms with Crippen molar-refractivity contribution in [2.75, 3.05) is 0 Å². The molecule has 4 atom stereocenters. The number of hydrogen-bond donors (Lipinski definition) is 3. The van der Waals surface area contributed by atoms with Crippen LogP contribution in [0.1, 0.15) is 12.8 Å². The summed E-state index contributed by atoms with van der Waals surface area (Å²) < 4.78 is 4.67. The molecule has 2 fully saturated rings. The first-order valence-electron chi connectivity index (χ1n) is 3.82. The lowest BCUT2D eigenvalue weighted by atomic mass is 9.82. The first-order valence-corrected chi connectivity index (χ1v) is 3.82. The number of carbonyl (C=O) groups is 1. The first-order chi connectivity index (χ1) is 5.53. The molecule has 3 N–H and O–H groups in total. The van der Waals surface area contributed by atoms with E-state index in [0.29, 0.717) is 0 Å². The van der Waals surface area contributed by atoms with E-state index in [1.54, 1.807) is 0 Å². The Morgan fingerprint density at radius 3 is 2.75 bits per heavy atom. The summed E-state index contributed by atoms with van der Waals surface area (Å²) in [6.07, 6.45) is -2.92. The zero-order valence-electron chi connectivity index (χ0n) is 6.30. The summed E-state index contributed by atoms with van der Waals surface area (Å²) in [6, 6.07) is 0. The third-order valence-electron chi connectivity index (χ3n) is 2.50. The van der Waals surface area contributed by atoms with E-state index in [1.807, 2.05) is 0 Å². The van der Waals surface area contributed by atoms with Gasteiger partial charge in [-0.15, -0.1) is 0 Å². The number of hydrogen-bond acceptors (Lipinski definition) is 5. The topological polar surface area (TPSA) is 87.0 Å². The van der Waals surface area contributed by atoms with Crippen LogP contribution in [0.5, 0.6) is 0 Å². The smallest absolute Gasteiger partial charge is 0.338 e. The molecule has 0 amide bonds. The number of carbonyl (C=O) groups excluding carboxylic acids is 1. The van der Waals surface area contributed by atoms with E-state index in [4.69, 9.17) is 0 Å². The van der Waals surface area contributed by atoms with Crippen molar-refractivity contribution in [3.63, 3.8) is 0 Å². The second-order valence-electron chi connectivity index (χ2n) is 3.44. The summed E-state index contributed by atoms with van der Waals surface area (Å²) in [6.45, 7) is 0. The maximum atomic E-state index is 11.0. The van der Waals surface area contributed by atoms with Crippen LogP contribution in [0.3, 0.4) is 0 Å². The molecule has 0 aromatic carbocycles. The lowest BCUT2D eigenvalue weighted by Gasteiger charge is -2.30. The van der Waals surface area contributed by atoms with Crippen LogP contribution in [0.25, 0.3) is 0 Å². The Hall–Kier alpha value is -0.650. The van der Waals surface area contributed by atoms with Gasteiger partial charge in [0.2, 0.25) is 0 Å². The Balaban J connectivity index is 2.28. The van der Waals surface area contributed by atoms with Gasteiger partial charge in [-0.1, -0.05) is 0 Å². The highest BCUT2D eigenvalue weighted by molar-refractivity contribution is 5.82. The summed E-state index contributed by atoms with van der Waals surface area (Å²) in [4.78, 5) is 11.0. The van der Waals surface area contributed by atoms with Gasteiger partial charge in [-0.05, 0) is 0 Å². The fourth-order valence-corrected chi connectivity index (χ4v) is 1.78. The summed E-state index contributed by atoms with van der Waals surface area (Å²) in [5, 5.41) is 28.0. The molecule has 1 heterocycles. The van der Waals surface area contributed by atoms with Crippen LogP contribution >= 0.6 is 0 Å². The van der Waals surface area contributed by atoms with E-state index in [0.717, 1.165) is 0 Å². The van der Waals surface area contributed by atoms with Gasteiger partial charge in [0.15, 0.2) is 5.60 Å². The minimum atomic E-state index is -1.57. The second-order valence-corrected chi connectivity index (χ2v) is 3.44. The van der Waals surface area contributed by atoms with Gasteiger partial charge in [-0.25, -0.2) is 4.79 Å². The zero-order chi connectivity index (χ0) is 8.93. The average molecular weight is 174 g/mol. The number of esters is 1. The van der Waals surface area contributed by atoms with Crippen molar-refractivity contribution in [2.24, 2.45) is 0 Å². The summed E-state index contributed by atoms with van der Waals surface area (Å²) >= 11 is 0. The van der Waals surface area contributed by atoms with E-state index in [9.17, 15) is 20.1 Å². The van der Waals surface area contributed by atoms with Gasteiger partial charge >= 0.3 is 5.97 Å². The number of aliphatic hydroxyl groups is 3. The minimum absolute atomic E-state index is 0.0874. The number of fused-ring (bicyclic) bond motifs is 2. The molecule has 2 rings (SSSR count). The second kappa shape index (κ2) is 2.18. The lowest BCUT2D eigenvalue weighted by Crippen LogP contribution is -2.48. The van der Waals surface area contributed by atoms with Gasteiger partial charge in [0.25, 0.3) is 0 Å². The minimum Gasteiger partial charge on any atom is -0.457 e. The summed E-state index contributed by atoms with van der Waals surface area (Å²) in [5.41, 5.74) is -1.57. The highest BCUT2D eigenvalue weighted by Gasteiger charge is 2.56. The molecule has 0 spiro atoms. The lowest BCUT2D eigenvalue weighted by molar-refractivity contribution is -0.154. The van der Waals surface area contributed by atoms with E-state index in [-0.39, 0.29) is 12.8 Å². The van der Waals surface area contributed by atoms with Crippen LogP contribution in [-0.2, 0) is 9.53 Å². The first kappa shape index (κ1) is 7.97. The van der Waals surface area contributed by atoms with Crippen molar-refractivity contribution in [2.45, 2.75) is 36.8 Å². The molecular weight excluding hydrogens is 164 g/mol. The van der Waals surface area contributed by atoms with Gasteiger partial charge in [0.05, 0.1) is 6.10 Å². The Morgan fingerprint density at radius 2 is 2.08 bits per heavy atom. The molecule has 5 nitrogen and oxygen atoms in total. The standard InChI is InChI=1S/C7H10O5/c8-3-1-7(11)2-4(5(3)9)12-6(7)10/h3-5,8-9,11H,1-2H2/t3-,4+,5-,7-/m0/s1.